The highest BCUT2D eigenvalue weighted by Crippen LogP contribution is 2.27. The van der Waals surface area contributed by atoms with E-state index in [9.17, 15) is 4.79 Å². The molecular formula is C18H16ClN5O3. The second-order valence-electron chi connectivity index (χ2n) is 5.52. The van der Waals surface area contributed by atoms with E-state index in [1.54, 1.807) is 0 Å². The summed E-state index contributed by atoms with van der Waals surface area (Å²) in [6, 6.07) is 7.94. The zero-order valence-corrected chi connectivity index (χ0v) is 15.2. The Morgan fingerprint density at radius 2 is 1.70 bits per heavy atom. The topological polar surface area (TPSA) is 113 Å². The molecule has 0 aliphatic rings. The molecule has 0 saturated heterocycles. The number of benzene rings is 1. The van der Waals surface area contributed by atoms with Crippen molar-refractivity contribution in [2.45, 2.75) is 6.92 Å². The minimum absolute atomic E-state index is 0.122. The first-order valence-corrected chi connectivity index (χ1v) is 8.38. The molecule has 2 aromatic heterocycles. The number of primary amides is 1. The van der Waals surface area contributed by atoms with Gasteiger partial charge in [-0.05, 0) is 12.5 Å². The Bertz CT molecular complexity index is 933. The third-order valence-electron chi connectivity index (χ3n) is 3.49. The average molecular weight is 386 g/mol. The lowest BCUT2D eigenvalue weighted by Gasteiger charge is -2.11. The average Bonchev–Trinajstić information content (AvgIpc) is 2.67. The molecule has 9 heteroatoms. The second kappa shape index (κ2) is 8.41. The van der Waals surface area contributed by atoms with Crippen LogP contribution < -0.4 is 15.2 Å². The minimum atomic E-state index is -0.735. The van der Waals surface area contributed by atoms with Crippen LogP contribution >= 0.6 is 11.6 Å². The molecule has 0 spiro atoms. The van der Waals surface area contributed by atoms with Gasteiger partial charge in [-0.2, -0.15) is 4.98 Å². The molecule has 0 aliphatic heterocycles. The molecule has 3 rings (SSSR count). The van der Waals surface area contributed by atoms with Gasteiger partial charge in [0.2, 0.25) is 11.7 Å². The van der Waals surface area contributed by atoms with Crippen molar-refractivity contribution in [2.75, 3.05) is 13.2 Å². The lowest BCUT2D eigenvalue weighted by molar-refractivity contribution is 0.0989. The normalized spacial score (nSPS) is 10.4. The molecule has 0 saturated carbocycles. The number of aryl methyl sites for hydroxylation is 1. The van der Waals surface area contributed by atoms with Crippen molar-refractivity contribution in [3.05, 3.63) is 59.3 Å². The summed E-state index contributed by atoms with van der Waals surface area (Å²) < 4.78 is 11.1. The third-order valence-corrected chi connectivity index (χ3v) is 3.68. The van der Waals surface area contributed by atoms with Gasteiger partial charge in [0.15, 0.2) is 0 Å². The van der Waals surface area contributed by atoms with Crippen LogP contribution in [-0.2, 0) is 0 Å². The Morgan fingerprint density at radius 3 is 2.37 bits per heavy atom. The van der Waals surface area contributed by atoms with E-state index >= 15 is 0 Å². The lowest BCUT2D eigenvalue weighted by atomic mass is 10.1. The number of hydrogen-bond acceptors (Lipinski definition) is 7. The highest BCUT2D eigenvalue weighted by Gasteiger charge is 2.14. The third kappa shape index (κ3) is 4.89. The number of ether oxygens (including phenoxy) is 2. The molecule has 0 fully saturated rings. The minimum Gasteiger partial charge on any atom is -0.474 e. The highest BCUT2D eigenvalue weighted by molar-refractivity contribution is 6.30. The number of halogens is 1. The molecule has 1 aromatic carbocycles. The van der Waals surface area contributed by atoms with Gasteiger partial charge >= 0.3 is 6.01 Å². The van der Waals surface area contributed by atoms with Crippen molar-refractivity contribution in [2.24, 2.45) is 5.73 Å². The van der Waals surface area contributed by atoms with Crippen LogP contribution in [0.5, 0.6) is 11.9 Å². The summed E-state index contributed by atoms with van der Waals surface area (Å²) in [4.78, 5) is 27.3. The molecule has 8 nitrogen and oxygen atoms in total. The Kier molecular flexibility index (Phi) is 5.77. The number of carbonyl (C=O) groups is 1. The number of nitrogens with zero attached hydrogens (tertiary/aromatic N) is 4. The Labute approximate surface area is 160 Å². The van der Waals surface area contributed by atoms with Gasteiger partial charge in [-0.25, -0.2) is 15.0 Å². The van der Waals surface area contributed by atoms with Gasteiger partial charge in [0.25, 0.3) is 5.91 Å². The summed E-state index contributed by atoms with van der Waals surface area (Å²) in [6.45, 7) is 2.31. The van der Waals surface area contributed by atoms with Gasteiger partial charge in [0.05, 0.1) is 23.0 Å². The van der Waals surface area contributed by atoms with Crippen molar-refractivity contribution in [3.63, 3.8) is 0 Å². The van der Waals surface area contributed by atoms with Crippen LogP contribution in [0, 0.1) is 6.92 Å². The molecule has 138 valence electrons. The summed E-state index contributed by atoms with van der Waals surface area (Å²) in [6.07, 6.45) is 4.38. The first kappa shape index (κ1) is 18.5. The largest absolute Gasteiger partial charge is 0.474 e. The summed E-state index contributed by atoms with van der Waals surface area (Å²) in [5.41, 5.74) is 7.88. The predicted octanol–water partition coefficient (Wildman–Crippen LogP) is 2.45. The lowest BCUT2D eigenvalue weighted by Crippen LogP contribution is -2.17. The fraction of sp³-hybridized carbons (Fsp3) is 0.167. The molecule has 0 aliphatic carbocycles. The molecule has 0 atom stereocenters. The predicted molar refractivity (Wildman–Crippen MR) is 98.8 cm³/mol. The number of amides is 1. The van der Waals surface area contributed by atoms with E-state index in [1.165, 1.54) is 18.6 Å². The summed E-state index contributed by atoms with van der Waals surface area (Å²) in [5, 5.41) is 0.418. The van der Waals surface area contributed by atoms with E-state index in [0.29, 0.717) is 10.6 Å². The number of aromatic nitrogens is 4. The van der Waals surface area contributed by atoms with Crippen LogP contribution in [0.15, 0.2) is 42.9 Å². The Balaban J connectivity index is 1.73. The van der Waals surface area contributed by atoms with Crippen LogP contribution in [0.25, 0.3) is 11.1 Å². The molecule has 0 bridgehead atoms. The van der Waals surface area contributed by atoms with Crippen molar-refractivity contribution >= 4 is 17.5 Å². The first-order chi connectivity index (χ1) is 13.0. The van der Waals surface area contributed by atoms with Crippen LogP contribution in [0.2, 0.25) is 5.02 Å². The molecule has 27 heavy (non-hydrogen) atoms. The molecule has 0 unspecified atom stereocenters. The van der Waals surface area contributed by atoms with E-state index in [-0.39, 0.29) is 30.9 Å². The van der Waals surface area contributed by atoms with Gasteiger partial charge in [-0.1, -0.05) is 41.4 Å². The summed E-state index contributed by atoms with van der Waals surface area (Å²) in [7, 11) is 0. The molecule has 2 N–H and O–H groups in total. The fourth-order valence-electron chi connectivity index (χ4n) is 2.17. The maximum Gasteiger partial charge on any atom is 0.316 e. The van der Waals surface area contributed by atoms with E-state index in [4.69, 9.17) is 26.8 Å². The molecule has 2 heterocycles. The second-order valence-corrected chi connectivity index (χ2v) is 5.96. The standard InChI is InChI=1S/C18H16ClN5O3/c1-11-2-4-12(5-3-11)14-10-21-16(15(20)25)24-17(14)26-6-7-27-18-22-8-13(19)9-23-18/h2-5,8-10H,6-7H2,1H3,(H2,20,25). The maximum atomic E-state index is 11.4. The fourth-order valence-corrected chi connectivity index (χ4v) is 2.27. The van der Waals surface area contributed by atoms with Crippen molar-refractivity contribution in [1.29, 1.82) is 0 Å². The van der Waals surface area contributed by atoms with Crippen LogP contribution in [0.4, 0.5) is 0 Å². The van der Waals surface area contributed by atoms with Gasteiger partial charge in [-0.15, -0.1) is 0 Å². The monoisotopic (exact) mass is 385 g/mol. The first-order valence-electron chi connectivity index (χ1n) is 8.00. The Morgan fingerprint density at radius 1 is 1.04 bits per heavy atom. The number of nitrogens with two attached hydrogens (primary N) is 1. The number of hydrogen-bond donors (Lipinski definition) is 1. The smallest absolute Gasteiger partial charge is 0.316 e. The summed E-state index contributed by atoms with van der Waals surface area (Å²) in [5.74, 6) is -0.618. The van der Waals surface area contributed by atoms with E-state index in [1.807, 2.05) is 31.2 Å². The van der Waals surface area contributed by atoms with E-state index in [0.717, 1.165) is 11.1 Å². The Hall–Kier alpha value is -3.26. The van der Waals surface area contributed by atoms with Crippen LogP contribution in [0.1, 0.15) is 16.2 Å². The number of rotatable bonds is 7. The van der Waals surface area contributed by atoms with Gasteiger partial charge < -0.3 is 15.2 Å². The molecular weight excluding hydrogens is 370 g/mol. The van der Waals surface area contributed by atoms with Crippen molar-refractivity contribution in [1.82, 2.24) is 19.9 Å². The quantitative estimate of drug-likeness (QED) is 0.621. The van der Waals surface area contributed by atoms with E-state index in [2.05, 4.69) is 19.9 Å². The summed E-state index contributed by atoms with van der Waals surface area (Å²) >= 11 is 5.72. The van der Waals surface area contributed by atoms with Crippen LogP contribution in [-0.4, -0.2) is 39.1 Å². The number of carbonyl (C=O) groups excluding carboxylic acids is 1. The molecule has 1 amide bonds. The maximum absolute atomic E-state index is 11.4. The van der Waals surface area contributed by atoms with Crippen molar-refractivity contribution < 1.29 is 14.3 Å². The van der Waals surface area contributed by atoms with Gasteiger partial charge in [0.1, 0.15) is 13.2 Å². The van der Waals surface area contributed by atoms with E-state index < -0.39 is 5.91 Å². The molecule has 3 aromatic rings. The van der Waals surface area contributed by atoms with Gasteiger partial charge in [0, 0.05) is 6.20 Å². The SMILES string of the molecule is Cc1ccc(-c2cnc(C(N)=O)nc2OCCOc2ncc(Cl)cn2)cc1. The van der Waals surface area contributed by atoms with Crippen molar-refractivity contribution in [3.8, 4) is 23.0 Å². The van der Waals surface area contributed by atoms with Gasteiger partial charge in [-0.3, -0.25) is 4.79 Å². The van der Waals surface area contributed by atoms with Crippen LogP contribution in [0.3, 0.4) is 0 Å². The zero-order chi connectivity index (χ0) is 19.2. The zero-order valence-electron chi connectivity index (χ0n) is 14.4. The molecule has 0 radical (unpaired) electrons. The highest BCUT2D eigenvalue weighted by atomic mass is 35.5.